The summed E-state index contributed by atoms with van der Waals surface area (Å²) in [6, 6.07) is 3.88. The smallest absolute Gasteiger partial charge is 0.166 e. The molecule has 1 rings (SSSR count). The summed E-state index contributed by atoms with van der Waals surface area (Å²) in [5, 5.41) is 6.62. The molecule has 0 saturated carbocycles. The van der Waals surface area contributed by atoms with E-state index in [-0.39, 0.29) is 0 Å². The van der Waals surface area contributed by atoms with Crippen molar-refractivity contribution < 1.29 is 0 Å². The Morgan fingerprint density at radius 3 is 3.00 bits per heavy atom. The van der Waals surface area contributed by atoms with Crippen LogP contribution in [0.1, 0.15) is 0 Å². The molecule has 1 aromatic heterocycles. The lowest BCUT2D eigenvalue weighted by Crippen LogP contribution is -2.37. The summed E-state index contributed by atoms with van der Waals surface area (Å²) in [6.45, 7) is 1.61. The summed E-state index contributed by atoms with van der Waals surface area (Å²) in [5.74, 6) is 0.930. The van der Waals surface area contributed by atoms with Crippen molar-refractivity contribution in [3.63, 3.8) is 0 Å². The average molecular weight is 303 g/mol. The summed E-state index contributed by atoms with van der Waals surface area (Å²) < 4.78 is 0.994. The van der Waals surface area contributed by atoms with Crippen LogP contribution >= 0.6 is 28.1 Å². The fourth-order valence-corrected chi connectivity index (χ4v) is 1.85. The van der Waals surface area contributed by atoms with Gasteiger partial charge >= 0.3 is 0 Å². The number of rotatable bonds is 4. The van der Waals surface area contributed by atoms with Crippen molar-refractivity contribution >= 4 is 39.1 Å². The monoisotopic (exact) mass is 302 g/mol. The van der Waals surface area contributed by atoms with Crippen LogP contribution in [-0.4, -0.2) is 37.3 Å². The van der Waals surface area contributed by atoms with E-state index in [0.29, 0.717) is 5.11 Å². The van der Waals surface area contributed by atoms with E-state index < -0.39 is 0 Å². The number of aromatic nitrogens is 1. The maximum absolute atomic E-state index is 4.98. The summed E-state index contributed by atoms with van der Waals surface area (Å²) in [5.41, 5.74) is 0. The molecule has 0 unspecified atom stereocenters. The van der Waals surface area contributed by atoms with Crippen molar-refractivity contribution in [1.82, 2.24) is 15.6 Å². The maximum Gasteiger partial charge on any atom is 0.166 e. The van der Waals surface area contributed by atoms with Crippen molar-refractivity contribution in [1.29, 1.82) is 0 Å². The molecule has 2 N–H and O–H groups in total. The second-order valence-corrected chi connectivity index (χ2v) is 4.50. The molecule has 16 heavy (non-hydrogen) atoms. The van der Waals surface area contributed by atoms with E-state index in [2.05, 4.69) is 36.4 Å². The second-order valence-electron chi connectivity index (χ2n) is 3.24. The number of halogens is 1. The van der Waals surface area contributed by atoms with Crippen LogP contribution in [0.15, 0.2) is 22.8 Å². The minimum Gasteiger partial charge on any atom is -0.366 e. The number of hydrogen-bond acceptors (Lipinski definition) is 3. The highest BCUT2D eigenvalue weighted by molar-refractivity contribution is 9.10. The number of pyridine rings is 1. The number of hydrogen-bond donors (Lipinski definition) is 2. The SMILES string of the molecule is CNC(=S)NCCN(C)c1ncccc1Br. The Hall–Kier alpha value is -0.880. The Kier molecular flexibility index (Phi) is 5.48. The lowest BCUT2D eigenvalue weighted by molar-refractivity contribution is 0.803. The van der Waals surface area contributed by atoms with E-state index in [9.17, 15) is 0 Å². The van der Waals surface area contributed by atoms with E-state index in [1.54, 1.807) is 13.2 Å². The van der Waals surface area contributed by atoms with Gasteiger partial charge in [0.15, 0.2) is 5.11 Å². The quantitative estimate of drug-likeness (QED) is 0.822. The first kappa shape index (κ1) is 13.2. The highest BCUT2D eigenvalue weighted by Gasteiger charge is 2.05. The highest BCUT2D eigenvalue weighted by atomic mass is 79.9. The van der Waals surface area contributed by atoms with E-state index >= 15 is 0 Å². The molecular formula is C10H15BrN4S. The van der Waals surface area contributed by atoms with Gasteiger partial charge < -0.3 is 15.5 Å². The first-order valence-electron chi connectivity index (χ1n) is 4.92. The maximum atomic E-state index is 4.98. The molecular weight excluding hydrogens is 288 g/mol. The van der Waals surface area contributed by atoms with Gasteiger partial charge in [0.25, 0.3) is 0 Å². The molecule has 0 aromatic carbocycles. The Labute approximate surface area is 110 Å². The molecule has 1 heterocycles. The normalized spacial score (nSPS) is 9.69. The van der Waals surface area contributed by atoms with Crippen LogP contribution < -0.4 is 15.5 Å². The van der Waals surface area contributed by atoms with Gasteiger partial charge in [-0.25, -0.2) is 4.98 Å². The van der Waals surface area contributed by atoms with Crippen molar-refractivity contribution in [2.45, 2.75) is 0 Å². The minimum absolute atomic E-state index is 0.661. The predicted molar refractivity (Wildman–Crippen MR) is 74.9 cm³/mol. The summed E-state index contributed by atoms with van der Waals surface area (Å²) in [6.07, 6.45) is 1.78. The Bertz CT molecular complexity index is 358. The molecule has 0 radical (unpaired) electrons. The minimum atomic E-state index is 0.661. The van der Waals surface area contributed by atoms with Gasteiger partial charge in [0.2, 0.25) is 0 Å². The van der Waals surface area contributed by atoms with Crippen LogP contribution in [0.25, 0.3) is 0 Å². The third-order valence-corrected chi connectivity index (χ3v) is 3.03. The molecule has 0 amide bonds. The Morgan fingerprint density at radius 2 is 2.38 bits per heavy atom. The molecule has 0 saturated heterocycles. The van der Waals surface area contributed by atoms with Gasteiger partial charge in [-0.05, 0) is 40.3 Å². The molecule has 4 nitrogen and oxygen atoms in total. The van der Waals surface area contributed by atoms with Crippen molar-refractivity contribution in [2.24, 2.45) is 0 Å². The number of nitrogens with zero attached hydrogens (tertiary/aromatic N) is 2. The van der Waals surface area contributed by atoms with Gasteiger partial charge in [-0.1, -0.05) is 0 Å². The molecule has 0 aliphatic heterocycles. The zero-order valence-corrected chi connectivity index (χ0v) is 11.7. The molecule has 88 valence electrons. The van der Waals surface area contributed by atoms with Crippen LogP contribution in [-0.2, 0) is 0 Å². The lowest BCUT2D eigenvalue weighted by Gasteiger charge is -2.19. The van der Waals surface area contributed by atoms with Crippen LogP contribution in [0.2, 0.25) is 0 Å². The largest absolute Gasteiger partial charge is 0.366 e. The second kappa shape index (κ2) is 6.65. The standard InChI is InChI=1S/C10H15BrN4S/c1-12-10(16)14-6-7-15(2)9-8(11)4-3-5-13-9/h3-5H,6-7H2,1-2H3,(H2,12,14,16). The zero-order chi connectivity index (χ0) is 12.0. The van der Waals surface area contributed by atoms with Crippen molar-refractivity contribution in [2.75, 3.05) is 32.1 Å². The Morgan fingerprint density at radius 1 is 1.62 bits per heavy atom. The van der Waals surface area contributed by atoms with Crippen LogP contribution in [0.4, 0.5) is 5.82 Å². The molecule has 6 heteroatoms. The summed E-state index contributed by atoms with van der Waals surface area (Å²) in [7, 11) is 3.80. The fourth-order valence-electron chi connectivity index (χ4n) is 1.19. The number of thiocarbonyl (C=S) groups is 1. The average Bonchev–Trinajstić information content (AvgIpc) is 2.29. The van der Waals surface area contributed by atoms with E-state index in [1.165, 1.54) is 0 Å². The molecule has 0 atom stereocenters. The van der Waals surface area contributed by atoms with E-state index in [0.717, 1.165) is 23.4 Å². The third kappa shape index (κ3) is 3.94. The Balaban J connectivity index is 2.44. The van der Waals surface area contributed by atoms with Gasteiger partial charge in [0.05, 0.1) is 4.47 Å². The molecule has 0 fully saturated rings. The zero-order valence-electron chi connectivity index (χ0n) is 9.33. The first-order chi connectivity index (χ1) is 7.65. The predicted octanol–water partition coefficient (Wildman–Crippen LogP) is 1.37. The van der Waals surface area contributed by atoms with Gasteiger partial charge in [-0.3, -0.25) is 0 Å². The highest BCUT2D eigenvalue weighted by Crippen LogP contribution is 2.21. The fraction of sp³-hybridized carbons (Fsp3) is 0.400. The number of nitrogens with one attached hydrogen (secondary N) is 2. The summed E-state index contributed by atoms with van der Waals surface area (Å²) >= 11 is 8.45. The van der Waals surface area contributed by atoms with Crippen molar-refractivity contribution in [3.05, 3.63) is 22.8 Å². The molecule has 0 spiro atoms. The van der Waals surface area contributed by atoms with Gasteiger partial charge in [0, 0.05) is 33.4 Å². The first-order valence-corrected chi connectivity index (χ1v) is 6.12. The third-order valence-electron chi connectivity index (χ3n) is 2.06. The van der Waals surface area contributed by atoms with Crippen LogP contribution in [0.3, 0.4) is 0 Å². The lowest BCUT2D eigenvalue weighted by atomic mass is 10.4. The van der Waals surface area contributed by atoms with Gasteiger partial charge in [-0.2, -0.15) is 0 Å². The van der Waals surface area contributed by atoms with Crippen LogP contribution in [0, 0.1) is 0 Å². The van der Waals surface area contributed by atoms with Crippen molar-refractivity contribution in [3.8, 4) is 0 Å². The topological polar surface area (TPSA) is 40.2 Å². The molecule has 1 aromatic rings. The number of anilines is 1. The summed E-state index contributed by atoms with van der Waals surface area (Å²) in [4.78, 5) is 6.36. The van der Waals surface area contributed by atoms with E-state index in [4.69, 9.17) is 12.2 Å². The molecule has 0 aliphatic rings. The molecule has 0 aliphatic carbocycles. The van der Waals surface area contributed by atoms with Gasteiger partial charge in [0.1, 0.15) is 5.82 Å². The number of likely N-dealkylation sites (N-methyl/N-ethyl adjacent to an activating group) is 1. The van der Waals surface area contributed by atoms with Gasteiger partial charge in [-0.15, -0.1) is 0 Å². The van der Waals surface area contributed by atoms with E-state index in [1.807, 2.05) is 19.2 Å². The molecule has 0 bridgehead atoms. The van der Waals surface area contributed by atoms with Crippen LogP contribution in [0.5, 0.6) is 0 Å².